The summed E-state index contributed by atoms with van der Waals surface area (Å²) in [6.45, 7) is 2.99. The van der Waals surface area contributed by atoms with E-state index in [4.69, 9.17) is 0 Å². The van der Waals surface area contributed by atoms with Crippen molar-refractivity contribution < 1.29 is 8.42 Å². The van der Waals surface area contributed by atoms with Gasteiger partial charge < -0.3 is 4.90 Å². The van der Waals surface area contributed by atoms with Gasteiger partial charge in [-0.25, -0.2) is 8.42 Å². The highest BCUT2D eigenvalue weighted by molar-refractivity contribution is 7.99. The molecule has 1 aromatic rings. The van der Waals surface area contributed by atoms with Crippen LogP contribution in [-0.4, -0.2) is 38.8 Å². The second-order valence-corrected chi connectivity index (χ2v) is 7.94. The minimum Gasteiger partial charge on any atom is -0.368 e. The maximum absolute atomic E-state index is 11.5. The minimum absolute atomic E-state index is 0.170. The Labute approximate surface area is 118 Å². The SMILES string of the molecule is CCSc1cccc(N2CCS(=O)(=O)CC2)c1C#N. The van der Waals surface area contributed by atoms with Gasteiger partial charge in [0.25, 0.3) is 0 Å². The molecule has 0 aromatic heterocycles. The van der Waals surface area contributed by atoms with Crippen molar-refractivity contribution in [3.05, 3.63) is 23.8 Å². The molecular formula is C13H16N2O2S2. The normalized spacial score (nSPS) is 18.0. The zero-order valence-corrected chi connectivity index (χ0v) is 12.4. The highest BCUT2D eigenvalue weighted by Gasteiger charge is 2.24. The lowest BCUT2D eigenvalue weighted by molar-refractivity contribution is 0.586. The highest BCUT2D eigenvalue weighted by atomic mass is 32.2. The fourth-order valence-electron chi connectivity index (χ4n) is 2.12. The number of rotatable bonds is 3. The Bertz CT molecular complexity index is 592. The molecule has 1 aliphatic rings. The number of hydrogen-bond acceptors (Lipinski definition) is 5. The van der Waals surface area contributed by atoms with Crippen LogP contribution in [-0.2, 0) is 9.84 Å². The molecule has 1 aromatic carbocycles. The van der Waals surface area contributed by atoms with Crippen molar-refractivity contribution in [3.8, 4) is 6.07 Å². The van der Waals surface area contributed by atoms with E-state index in [1.54, 1.807) is 11.8 Å². The maximum Gasteiger partial charge on any atom is 0.153 e. The van der Waals surface area contributed by atoms with E-state index in [-0.39, 0.29) is 11.5 Å². The molecule has 2 rings (SSSR count). The van der Waals surface area contributed by atoms with Crippen molar-refractivity contribution in [2.24, 2.45) is 0 Å². The Balaban J connectivity index is 2.30. The number of hydrogen-bond donors (Lipinski definition) is 0. The third-order valence-electron chi connectivity index (χ3n) is 3.10. The van der Waals surface area contributed by atoms with Gasteiger partial charge in [-0.05, 0) is 17.9 Å². The number of anilines is 1. The van der Waals surface area contributed by atoms with Gasteiger partial charge >= 0.3 is 0 Å². The van der Waals surface area contributed by atoms with Gasteiger partial charge in [-0.15, -0.1) is 11.8 Å². The minimum atomic E-state index is -2.89. The summed E-state index contributed by atoms with van der Waals surface area (Å²) in [6, 6.07) is 8.02. The molecule has 1 saturated heterocycles. The second-order valence-electron chi connectivity index (χ2n) is 4.33. The maximum atomic E-state index is 11.5. The number of benzene rings is 1. The van der Waals surface area contributed by atoms with Crippen LogP contribution in [0, 0.1) is 11.3 Å². The molecule has 0 bridgehead atoms. The van der Waals surface area contributed by atoms with Gasteiger partial charge in [0, 0.05) is 18.0 Å². The largest absolute Gasteiger partial charge is 0.368 e. The van der Waals surface area contributed by atoms with Crippen molar-refractivity contribution >= 4 is 27.3 Å². The van der Waals surface area contributed by atoms with Gasteiger partial charge in [-0.2, -0.15) is 5.26 Å². The number of thioether (sulfide) groups is 1. The zero-order valence-electron chi connectivity index (χ0n) is 10.8. The molecular weight excluding hydrogens is 280 g/mol. The molecule has 1 aliphatic heterocycles. The summed E-state index contributed by atoms with van der Waals surface area (Å²) in [5, 5.41) is 9.35. The lowest BCUT2D eigenvalue weighted by Gasteiger charge is -2.29. The first kappa shape index (κ1) is 14.2. The fourth-order valence-corrected chi connectivity index (χ4v) is 4.11. The summed E-state index contributed by atoms with van der Waals surface area (Å²) >= 11 is 1.64. The molecule has 102 valence electrons. The van der Waals surface area contributed by atoms with Gasteiger partial charge in [0.2, 0.25) is 0 Å². The van der Waals surface area contributed by atoms with Gasteiger partial charge in [0.05, 0.1) is 22.8 Å². The van der Waals surface area contributed by atoms with Gasteiger partial charge in [0.1, 0.15) is 6.07 Å². The standard InChI is InChI=1S/C13H16N2O2S2/c1-2-18-13-5-3-4-12(11(13)10-14)15-6-8-19(16,17)9-7-15/h3-5H,2,6-9H2,1H3. The summed E-state index contributed by atoms with van der Waals surface area (Å²) in [6.07, 6.45) is 0. The topological polar surface area (TPSA) is 61.2 Å². The Morgan fingerprint density at radius 3 is 2.63 bits per heavy atom. The van der Waals surface area contributed by atoms with Crippen LogP contribution < -0.4 is 4.90 Å². The van der Waals surface area contributed by atoms with Crippen LogP contribution in [0.4, 0.5) is 5.69 Å². The van der Waals surface area contributed by atoms with Crippen molar-refractivity contribution in [2.45, 2.75) is 11.8 Å². The van der Waals surface area contributed by atoms with Gasteiger partial charge in [-0.1, -0.05) is 13.0 Å². The molecule has 1 heterocycles. The molecule has 0 radical (unpaired) electrons. The smallest absolute Gasteiger partial charge is 0.153 e. The van der Waals surface area contributed by atoms with Crippen molar-refractivity contribution in [3.63, 3.8) is 0 Å². The number of nitrogens with zero attached hydrogens (tertiary/aromatic N) is 2. The third kappa shape index (κ3) is 3.23. The van der Waals surface area contributed by atoms with Crippen molar-refractivity contribution in [1.29, 1.82) is 5.26 Å². The Morgan fingerprint density at radius 1 is 1.37 bits per heavy atom. The number of sulfone groups is 1. The van der Waals surface area contributed by atoms with E-state index in [9.17, 15) is 13.7 Å². The van der Waals surface area contributed by atoms with Crippen molar-refractivity contribution in [1.82, 2.24) is 0 Å². The Hall–Kier alpha value is -1.19. The highest BCUT2D eigenvalue weighted by Crippen LogP contribution is 2.30. The summed E-state index contributed by atoms with van der Waals surface area (Å²) in [5.74, 6) is 1.25. The van der Waals surface area contributed by atoms with Crippen molar-refractivity contribution in [2.75, 3.05) is 35.2 Å². The molecule has 4 nitrogen and oxygen atoms in total. The molecule has 0 unspecified atom stereocenters. The second kappa shape index (κ2) is 5.85. The Morgan fingerprint density at radius 2 is 2.05 bits per heavy atom. The van der Waals surface area contributed by atoms with Crippen LogP contribution in [0.3, 0.4) is 0 Å². The van der Waals surface area contributed by atoms with Crippen LogP contribution in [0.1, 0.15) is 12.5 Å². The molecule has 0 aliphatic carbocycles. The molecule has 0 atom stereocenters. The summed E-state index contributed by atoms with van der Waals surface area (Å²) in [5.41, 5.74) is 1.52. The quantitative estimate of drug-likeness (QED) is 0.797. The molecule has 0 saturated carbocycles. The van der Waals surface area contributed by atoms with E-state index in [1.807, 2.05) is 30.0 Å². The van der Waals surface area contributed by atoms with Crippen LogP contribution in [0.5, 0.6) is 0 Å². The summed E-state index contributed by atoms with van der Waals surface area (Å²) in [7, 11) is -2.89. The van der Waals surface area contributed by atoms with E-state index < -0.39 is 9.84 Å². The van der Waals surface area contributed by atoms with E-state index in [1.165, 1.54) is 0 Å². The van der Waals surface area contributed by atoms with E-state index in [0.29, 0.717) is 18.7 Å². The van der Waals surface area contributed by atoms with E-state index in [0.717, 1.165) is 16.3 Å². The van der Waals surface area contributed by atoms with Gasteiger partial charge in [0.15, 0.2) is 9.84 Å². The van der Waals surface area contributed by atoms with Crippen LogP contribution in [0.25, 0.3) is 0 Å². The molecule has 6 heteroatoms. The first-order valence-corrected chi connectivity index (χ1v) is 8.99. The molecule has 0 spiro atoms. The summed E-state index contributed by atoms with van der Waals surface area (Å²) in [4.78, 5) is 2.97. The predicted octanol–water partition coefficient (Wildman–Crippen LogP) is 1.91. The number of nitriles is 1. The molecule has 19 heavy (non-hydrogen) atoms. The first-order chi connectivity index (χ1) is 9.07. The monoisotopic (exact) mass is 296 g/mol. The first-order valence-electron chi connectivity index (χ1n) is 6.18. The fraction of sp³-hybridized carbons (Fsp3) is 0.462. The zero-order chi connectivity index (χ0) is 13.9. The van der Waals surface area contributed by atoms with Crippen LogP contribution in [0.15, 0.2) is 23.1 Å². The molecule has 0 amide bonds. The predicted molar refractivity (Wildman–Crippen MR) is 78.4 cm³/mol. The molecule has 0 N–H and O–H groups in total. The van der Waals surface area contributed by atoms with Gasteiger partial charge in [-0.3, -0.25) is 0 Å². The third-order valence-corrected chi connectivity index (χ3v) is 5.65. The lowest BCUT2D eigenvalue weighted by atomic mass is 10.1. The lowest BCUT2D eigenvalue weighted by Crippen LogP contribution is -2.40. The molecule has 1 fully saturated rings. The van der Waals surface area contributed by atoms with E-state index in [2.05, 4.69) is 6.07 Å². The Kier molecular flexibility index (Phi) is 4.38. The average molecular weight is 296 g/mol. The van der Waals surface area contributed by atoms with Crippen LogP contribution >= 0.6 is 11.8 Å². The van der Waals surface area contributed by atoms with E-state index >= 15 is 0 Å². The average Bonchev–Trinajstić information content (AvgIpc) is 2.39. The van der Waals surface area contributed by atoms with Crippen LogP contribution in [0.2, 0.25) is 0 Å². The summed E-state index contributed by atoms with van der Waals surface area (Å²) < 4.78 is 22.9.